The van der Waals surface area contributed by atoms with Gasteiger partial charge in [0.05, 0.1) is 12.6 Å². The number of aromatic nitrogens is 1. The number of carbonyl (C=O) groups is 3. The van der Waals surface area contributed by atoms with E-state index in [1.165, 1.54) is 4.90 Å². The van der Waals surface area contributed by atoms with Gasteiger partial charge in [-0.3, -0.25) is 9.59 Å². The van der Waals surface area contributed by atoms with E-state index >= 15 is 0 Å². The molecule has 1 aromatic heterocycles. The van der Waals surface area contributed by atoms with Crippen LogP contribution in [0.1, 0.15) is 59.3 Å². The molecule has 0 radical (unpaired) electrons. The molecular formula is C32H44BN4O9-. The molecule has 3 amide bonds. The van der Waals surface area contributed by atoms with Crippen LogP contribution in [-0.2, 0) is 28.3 Å². The first-order valence-corrected chi connectivity index (χ1v) is 16.3. The fourth-order valence-corrected chi connectivity index (χ4v) is 6.89. The highest BCUT2D eigenvalue weighted by Crippen LogP contribution is 2.32. The molecule has 0 unspecified atom stereocenters. The van der Waals surface area contributed by atoms with Gasteiger partial charge in [0.25, 0.3) is 0 Å². The summed E-state index contributed by atoms with van der Waals surface area (Å²) >= 11 is 0. The first kappa shape index (κ1) is 32.5. The molecule has 1 spiro atoms. The van der Waals surface area contributed by atoms with Crippen molar-refractivity contribution in [3.63, 3.8) is 0 Å². The SMILES string of the molecule is CC(C)(C)[C@H](NC(=O)OC1CCCC1)C(=O)N1C[C@H](Oc2nccc3ccccc23)C[C@H]1C(=O)N[C@H]1CCO[B-]12OCC(O)CO2. The molecule has 4 fully saturated rings. The van der Waals surface area contributed by atoms with Gasteiger partial charge < -0.3 is 44.1 Å². The van der Waals surface area contributed by atoms with Crippen LogP contribution >= 0.6 is 0 Å². The van der Waals surface area contributed by atoms with Crippen LogP contribution in [0.4, 0.5) is 4.79 Å². The second kappa shape index (κ2) is 13.3. The topological polar surface area (TPSA) is 158 Å². The molecule has 3 saturated heterocycles. The lowest BCUT2D eigenvalue weighted by Gasteiger charge is -2.46. The molecule has 3 aliphatic heterocycles. The highest BCUT2D eigenvalue weighted by atomic mass is 16.8. The predicted molar refractivity (Wildman–Crippen MR) is 168 cm³/mol. The number of pyridine rings is 1. The number of likely N-dealkylation sites (tertiary alicyclic amines) is 1. The van der Waals surface area contributed by atoms with E-state index in [0.29, 0.717) is 18.9 Å². The number of nitrogens with one attached hydrogen (secondary N) is 2. The van der Waals surface area contributed by atoms with Crippen molar-refractivity contribution in [1.29, 1.82) is 0 Å². The largest absolute Gasteiger partial charge is 0.543 e. The van der Waals surface area contributed by atoms with E-state index in [9.17, 15) is 19.5 Å². The lowest BCUT2D eigenvalue weighted by molar-refractivity contribution is -0.142. The minimum Gasteiger partial charge on any atom is -0.543 e. The Morgan fingerprint density at radius 3 is 2.52 bits per heavy atom. The van der Waals surface area contributed by atoms with Crippen LogP contribution in [0.5, 0.6) is 5.88 Å². The van der Waals surface area contributed by atoms with Crippen LogP contribution < -0.4 is 15.4 Å². The van der Waals surface area contributed by atoms with E-state index in [-0.39, 0.29) is 32.3 Å². The average molecular weight is 640 g/mol. The Bertz CT molecular complexity index is 1420. The number of nitrogens with zero attached hydrogens (tertiary/aromatic N) is 2. The Kier molecular flexibility index (Phi) is 9.42. The number of rotatable bonds is 7. The molecule has 4 atom stereocenters. The summed E-state index contributed by atoms with van der Waals surface area (Å²) in [6, 6.07) is 7.71. The minimum atomic E-state index is -2.30. The third-order valence-corrected chi connectivity index (χ3v) is 9.36. The van der Waals surface area contributed by atoms with Crippen LogP contribution in [0.15, 0.2) is 36.5 Å². The molecule has 250 valence electrons. The molecule has 4 aliphatic rings. The Hall–Kier alpha value is -3.46. The molecule has 2 aromatic rings. The van der Waals surface area contributed by atoms with Gasteiger partial charge in [-0.15, -0.1) is 0 Å². The van der Waals surface area contributed by atoms with Gasteiger partial charge in [0.1, 0.15) is 24.3 Å². The fourth-order valence-electron chi connectivity index (χ4n) is 6.89. The van der Waals surface area contributed by atoms with Gasteiger partial charge in [-0.1, -0.05) is 39.0 Å². The zero-order chi connectivity index (χ0) is 32.5. The third-order valence-electron chi connectivity index (χ3n) is 9.36. The summed E-state index contributed by atoms with van der Waals surface area (Å²) in [5, 5.41) is 17.5. The number of alkyl carbamates (subject to hydrolysis) is 1. The highest BCUT2D eigenvalue weighted by molar-refractivity contribution is 6.63. The van der Waals surface area contributed by atoms with Crippen molar-refractivity contribution in [2.75, 3.05) is 26.4 Å². The van der Waals surface area contributed by atoms with Crippen molar-refractivity contribution < 1.29 is 42.9 Å². The highest BCUT2D eigenvalue weighted by Gasteiger charge is 2.50. The number of benzene rings is 1. The van der Waals surface area contributed by atoms with Crippen LogP contribution in [-0.4, -0.2) is 102 Å². The maximum absolute atomic E-state index is 14.4. The van der Waals surface area contributed by atoms with Gasteiger partial charge in [-0.2, -0.15) is 0 Å². The lowest BCUT2D eigenvalue weighted by atomic mass is 9.68. The van der Waals surface area contributed by atoms with Crippen LogP contribution in [0.3, 0.4) is 0 Å². The van der Waals surface area contributed by atoms with Crippen LogP contribution in [0.25, 0.3) is 10.8 Å². The van der Waals surface area contributed by atoms with Gasteiger partial charge in [-0.05, 0) is 61.0 Å². The number of aliphatic hydroxyl groups is 1. The van der Waals surface area contributed by atoms with E-state index in [1.54, 1.807) is 6.20 Å². The summed E-state index contributed by atoms with van der Waals surface area (Å²) < 4.78 is 29.4. The maximum Gasteiger partial charge on any atom is 0.408 e. The second-order valence-electron chi connectivity index (χ2n) is 13.9. The Morgan fingerprint density at radius 2 is 1.78 bits per heavy atom. The number of ether oxygens (including phenoxy) is 2. The summed E-state index contributed by atoms with van der Waals surface area (Å²) in [5.74, 6) is -1.02. The Labute approximate surface area is 268 Å². The summed E-state index contributed by atoms with van der Waals surface area (Å²) in [4.78, 5) is 47.3. The number of hydrogen-bond donors (Lipinski definition) is 3. The normalized spacial score (nSPS) is 29.2. The number of hydrogen-bond acceptors (Lipinski definition) is 10. The molecular weight excluding hydrogens is 595 g/mol. The smallest absolute Gasteiger partial charge is 0.408 e. The zero-order valence-electron chi connectivity index (χ0n) is 26.7. The maximum atomic E-state index is 14.4. The van der Waals surface area contributed by atoms with Gasteiger partial charge >= 0.3 is 12.8 Å². The molecule has 1 saturated carbocycles. The van der Waals surface area contributed by atoms with E-state index in [2.05, 4.69) is 15.6 Å². The summed E-state index contributed by atoms with van der Waals surface area (Å²) in [7, 11) is 0. The number of amides is 3. The first-order valence-electron chi connectivity index (χ1n) is 16.3. The van der Waals surface area contributed by atoms with Gasteiger partial charge in [0.2, 0.25) is 17.7 Å². The molecule has 14 heteroatoms. The second-order valence-corrected chi connectivity index (χ2v) is 13.9. The van der Waals surface area contributed by atoms with E-state index < -0.39 is 60.3 Å². The predicted octanol–water partition coefficient (Wildman–Crippen LogP) is 2.46. The van der Waals surface area contributed by atoms with E-state index in [1.807, 2.05) is 51.1 Å². The zero-order valence-corrected chi connectivity index (χ0v) is 26.7. The van der Waals surface area contributed by atoms with Gasteiger partial charge in [0, 0.05) is 37.8 Å². The molecule has 13 nitrogen and oxygen atoms in total. The summed E-state index contributed by atoms with van der Waals surface area (Å²) in [6.45, 7) is 3.76. The monoisotopic (exact) mass is 639 g/mol. The first-order chi connectivity index (χ1) is 22.0. The Balaban J connectivity index is 1.23. The standard InChI is InChI=1S/C32H44BN4O9/c1-32(2,3)27(36-31(41)46-22-9-5-6-10-22)30(40)37-17-23(45-29-24-11-7-4-8-20(24)12-14-34-29)16-25(37)28(39)35-26-13-15-42-33(26)43-18-21(38)19-44-33/h4,7-8,11-12,14,21-23,25-27,38H,5-6,9-10,13,15-19H2,1-3H3,(H,35,39)(H,36,41)/q-1/t21?,23-,25+,26+,27-,33?/m1/s1. The fraction of sp³-hybridized carbons (Fsp3) is 0.625. The van der Waals surface area contributed by atoms with Crippen LogP contribution in [0.2, 0.25) is 0 Å². The van der Waals surface area contributed by atoms with Crippen molar-refractivity contribution >= 4 is 35.4 Å². The number of carbonyl (C=O) groups excluding carboxylic acids is 3. The Morgan fingerprint density at radius 1 is 1.04 bits per heavy atom. The average Bonchev–Trinajstić information content (AvgIpc) is 3.78. The van der Waals surface area contributed by atoms with E-state index in [0.717, 1.165) is 36.5 Å². The van der Waals surface area contributed by atoms with E-state index in [4.69, 9.17) is 23.4 Å². The van der Waals surface area contributed by atoms with Crippen LogP contribution in [0, 0.1) is 5.41 Å². The van der Waals surface area contributed by atoms with Crippen molar-refractivity contribution in [3.05, 3.63) is 36.5 Å². The molecule has 3 N–H and O–H groups in total. The quantitative estimate of drug-likeness (QED) is 0.385. The molecule has 4 heterocycles. The minimum absolute atomic E-state index is 0.0320. The lowest BCUT2D eigenvalue weighted by Crippen LogP contribution is -2.64. The number of aliphatic hydroxyl groups excluding tert-OH is 1. The third kappa shape index (κ3) is 6.95. The number of fused-ring (bicyclic) bond motifs is 1. The molecule has 6 rings (SSSR count). The van der Waals surface area contributed by atoms with Crippen molar-refractivity contribution in [2.45, 2.75) is 95.6 Å². The molecule has 0 bridgehead atoms. The molecule has 1 aromatic carbocycles. The summed E-state index contributed by atoms with van der Waals surface area (Å²) in [6.07, 6.45) is 3.77. The summed E-state index contributed by atoms with van der Waals surface area (Å²) in [5.41, 5.74) is -0.694. The molecule has 1 aliphatic carbocycles. The van der Waals surface area contributed by atoms with Crippen molar-refractivity contribution in [1.82, 2.24) is 20.5 Å². The van der Waals surface area contributed by atoms with Crippen molar-refractivity contribution in [3.8, 4) is 5.88 Å². The molecule has 46 heavy (non-hydrogen) atoms. The van der Waals surface area contributed by atoms with Gasteiger partial charge in [-0.25, -0.2) is 9.78 Å². The van der Waals surface area contributed by atoms with Gasteiger partial charge in [0.15, 0.2) is 0 Å². The van der Waals surface area contributed by atoms with Crippen molar-refractivity contribution in [2.24, 2.45) is 5.41 Å².